The second-order valence-corrected chi connectivity index (χ2v) is 6.06. The lowest BCUT2D eigenvalue weighted by atomic mass is 9.99. The zero-order chi connectivity index (χ0) is 18.4. The van der Waals surface area contributed by atoms with Gasteiger partial charge in [-0.15, -0.1) is 0 Å². The van der Waals surface area contributed by atoms with Crippen LogP contribution in [-0.4, -0.2) is 16.7 Å². The Morgan fingerprint density at radius 1 is 0.885 bits per heavy atom. The number of benzene rings is 3. The lowest BCUT2D eigenvalue weighted by molar-refractivity contribution is 0.0954. The third-order valence-electron chi connectivity index (χ3n) is 3.81. The molecule has 26 heavy (non-hydrogen) atoms. The molecule has 0 aliphatic rings. The smallest absolute Gasteiger partial charge is 0.271 e. The molecule has 0 spiro atoms. The van der Waals surface area contributed by atoms with Crippen molar-refractivity contribution in [3.63, 3.8) is 0 Å². The quantitative estimate of drug-likeness (QED) is 0.526. The van der Waals surface area contributed by atoms with E-state index >= 15 is 0 Å². The minimum absolute atomic E-state index is 0.354. The van der Waals surface area contributed by atoms with Gasteiger partial charge in [0.15, 0.2) is 0 Å². The number of halogens is 1. The molecule has 3 aromatic carbocycles. The molecule has 0 aliphatic carbocycles. The molecule has 1 unspecified atom stereocenters. The van der Waals surface area contributed by atoms with Crippen molar-refractivity contribution in [2.24, 2.45) is 5.10 Å². The van der Waals surface area contributed by atoms with Crippen molar-refractivity contribution < 1.29 is 9.90 Å². The fourth-order valence-electron chi connectivity index (χ4n) is 2.49. The largest absolute Gasteiger partial charge is 0.382 e. The second-order valence-electron chi connectivity index (χ2n) is 5.63. The monoisotopic (exact) mass is 364 g/mol. The predicted molar refractivity (Wildman–Crippen MR) is 103 cm³/mol. The van der Waals surface area contributed by atoms with Gasteiger partial charge in [0.1, 0.15) is 11.8 Å². The third-order valence-corrected chi connectivity index (χ3v) is 4.04. The average molecular weight is 365 g/mol. The first kappa shape index (κ1) is 17.9. The molecule has 0 radical (unpaired) electrons. The minimum Gasteiger partial charge on any atom is -0.382 e. The number of aliphatic hydroxyl groups excluding tert-OH is 1. The molecular weight excluding hydrogens is 348 g/mol. The fraction of sp³-hybridized carbons (Fsp3) is 0.0476. The number of carbonyl (C=O) groups is 1. The summed E-state index contributed by atoms with van der Waals surface area (Å²) in [6.07, 6.45) is -0.974. The van der Waals surface area contributed by atoms with Crippen molar-refractivity contribution in [2.75, 3.05) is 0 Å². The maximum Gasteiger partial charge on any atom is 0.271 e. The molecule has 0 aromatic heterocycles. The van der Waals surface area contributed by atoms with Crippen LogP contribution >= 0.6 is 11.6 Å². The van der Waals surface area contributed by atoms with E-state index in [4.69, 9.17) is 11.6 Å². The van der Waals surface area contributed by atoms with Gasteiger partial charge >= 0.3 is 0 Å². The zero-order valence-electron chi connectivity index (χ0n) is 13.8. The molecule has 0 saturated carbocycles. The molecule has 5 heteroatoms. The number of hydrazone groups is 1. The number of amides is 1. The fourth-order valence-corrected chi connectivity index (χ4v) is 2.68. The molecule has 0 fully saturated rings. The lowest BCUT2D eigenvalue weighted by Crippen LogP contribution is -2.23. The molecular formula is C21H17ClN2O2. The first-order chi connectivity index (χ1) is 12.6. The van der Waals surface area contributed by atoms with Gasteiger partial charge in [-0.1, -0.05) is 78.3 Å². The molecule has 1 amide bonds. The van der Waals surface area contributed by atoms with Crippen molar-refractivity contribution in [1.82, 2.24) is 5.43 Å². The number of rotatable bonds is 5. The highest BCUT2D eigenvalue weighted by molar-refractivity contribution is 6.31. The summed E-state index contributed by atoms with van der Waals surface area (Å²) in [7, 11) is 0. The van der Waals surface area contributed by atoms with Crippen molar-refractivity contribution in [1.29, 1.82) is 0 Å². The van der Waals surface area contributed by atoms with Crippen LogP contribution in [0.1, 0.15) is 27.6 Å². The van der Waals surface area contributed by atoms with Gasteiger partial charge in [0.25, 0.3) is 5.91 Å². The Labute approximate surface area is 156 Å². The molecule has 0 saturated heterocycles. The summed E-state index contributed by atoms with van der Waals surface area (Å²) in [5.74, 6) is -0.402. The number of aliphatic hydroxyl groups is 1. The van der Waals surface area contributed by atoms with E-state index in [9.17, 15) is 9.90 Å². The predicted octanol–water partition coefficient (Wildman–Crippen LogP) is 4.21. The van der Waals surface area contributed by atoms with Crippen LogP contribution in [0.15, 0.2) is 90.0 Å². The average Bonchev–Trinajstić information content (AvgIpc) is 2.69. The standard InChI is InChI=1S/C21H17ClN2O2/c22-18-13-7-12-17(14-18)21(26)24-23-19(15-8-3-1-4-9-15)20(25)16-10-5-2-6-11-16/h1-14,20,25H,(H,24,26)/b23-19-. The number of hydrogen-bond acceptors (Lipinski definition) is 3. The van der Waals surface area contributed by atoms with Crippen LogP contribution in [-0.2, 0) is 0 Å². The van der Waals surface area contributed by atoms with E-state index in [1.54, 1.807) is 24.3 Å². The normalized spacial score (nSPS) is 12.5. The summed E-state index contributed by atoms with van der Waals surface area (Å²) in [6.45, 7) is 0. The third kappa shape index (κ3) is 4.36. The maximum atomic E-state index is 12.3. The molecule has 3 aromatic rings. The first-order valence-electron chi connectivity index (χ1n) is 8.07. The van der Waals surface area contributed by atoms with Gasteiger partial charge in [-0.25, -0.2) is 5.43 Å². The lowest BCUT2D eigenvalue weighted by Gasteiger charge is -2.15. The number of nitrogens with zero attached hydrogens (tertiary/aromatic N) is 1. The van der Waals surface area contributed by atoms with Crippen LogP contribution in [0, 0.1) is 0 Å². The Balaban J connectivity index is 1.90. The molecule has 1 atom stereocenters. The molecule has 4 nitrogen and oxygen atoms in total. The Kier molecular flexibility index (Phi) is 5.79. The summed E-state index contributed by atoms with van der Waals surface area (Å²) in [4.78, 5) is 12.3. The number of carbonyl (C=O) groups excluding carboxylic acids is 1. The highest BCUT2D eigenvalue weighted by Gasteiger charge is 2.18. The van der Waals surface area contributed by atoms with Gasteiger partial charge in [-0.05, 0) is 23.8 Å². The van der Waals surface area contributed by atoms with Gasteiger partial charge in [0.2, 0.25) is 0 Å². The summed E-state index contributed by atoms with van der Waals surface area (Å²) < 4.78 is 0. The maximum absolute atomic E-state index is 12.3. The van der Waals surface area contributed by atoms with Crippen molar-refractivity contribution in [3.8, 4) is 0 Å². The van der Waals surface area contributed by atoms with E-state index in [2.05, 4.69) is 10.5 Å². The van der Waals surface area contributed by atoms with Crippen LogP contribution in [0.3, 0.4) is 0 Å². The van der Waals surface area contributed by atoms with E-state index < -0.39 is 12.0 Å². The highest BCUT2D eigenvalue weighted by Crippen LogP contribution is 2.19. The van der Waals surface area contributed by atoms with E-state index in [1.165, 1.54) is 0 Å². The van der Waals surface area contributed by atoms with E-state index in [1.807, 2.05) is 60.7 Å². The van der Waals surface area contributed by atoms with E-state index in [-0.39, 0.29) is 0 Å². The Morgan fingerprint density at radius 3 is 2.15 bits per heavy atom. The second kappa shape index (κ2) is 8.43. The summed E-state index contributed by atoms with van der Waals surface area (Å²) in [6, 6.07) is 25.0. The van der Waals surface area contributed by atoms with Gasteiger partial charge in [-0.3, -0.25) is 4.79 Å². The van der Waals surface area contributed by atoms with Crippen LogP contribution in [0.4, 0.5) is 0 Å². The van der Waals surface area contributed by atoms with Crippen LogP contribution in [0.25, 0.3) is 0 Å². The molecule has 2 N–H and O–H groups in total. The van der Waals surface area contributed by atoms with E-state index in [0.717, 1.165) is 5.56 Å². The SMILES string of the molecule is O=C(N/N=C(/c1ccccc1)C(O)c1ccccc1)c1cccc(Cl)c1. The summed E-state index contributed by atoms with van der Waals surface area (Å²) in [5.41, 5.74) is 4.66. The number of nitrogens with one attached hydrogen (secondary N) is 1. The molecule has 3 rings (SSSR count). The first-order valence-corrected chi connectivity index (χ1v) is 8.45. The van der Waals surface area contributed by atoms with Crippen molar-refractivity contribution >= 4 is 23.2 Å². The van der Waals surface area contributed by atoms with Crippen LogP contribution < -0.4 is 5.43 Å². The molecule has 0 heterocycles. The highest BCUT2D eigenvalue weighted by atomic mass is 35.5. The minimum atomic E-state index is -0.974. The Hall–Kier alpha value is -2.95. The van der Waals surface area contributed by atoms with Crippen molar-refractivity contribution in [3.05, 3.63) is 107 Å². The zero-order valence-corrected chi connectivity index (χ0v) is 14.6. The molecule has 0 bridgehead atoms. The topological polar surface area (TPSA) is 61.7 Å². The summed E-state index contributed by atoms with van der Waals surface area (Å²) >= 11 is 5.92. The molecule has 0 aliphatic heterocycles. The van der Waals surface area contributed by atoms with Gasteiger partial charge < -0.3 is 5.11 Å². The van der Waals surface area contributed by atoms with E-state index in [0.29, 0.717) is 21.9 Å². The number of hydrogen-bond donors (Lipinski definition) is 2. The molecule has 130 valence electrons. The van der Waals surface area contributed by atoms with Crippen molar-refractivity contribution in [2.45, 2.75) is 6.10 Å². The summed E-state index contributed by atoms with van der Waals surface area (Å²) in [5, 5.41) is 15.4. The Bertz CT molecular complexity index is 912. The van der Waals surface area contributed by atoms with Crippen LogP contribution in [0.5, 0.6) is 0 Å². The van der Waals surface area contributed by atoms with Gasteiger partial charge in [0, 0.05) is 16.1 Å². The van der Waals surface area contributed by atoms with Crippen LogP contribution in [0.2, 0.25) is 5.02 Å². The Morgan fingerprint density at radius 2 is 1.50 bits per heavy atom. The van der Waals surface area contributed by atoms with Gasteiger partial charge in [0.05, 0.1) is 0 Å². The van der Waals surface area contributed by atoms with Gasteiger partial charge in [-0.2, -0.15) is 5.10 Å².